The van der Waals surface area contributed by atoms with Crippen LogP contribution in [0.25, 0.3) is 0 Å². The van der Waals surface area contributed by atoms with Crippen molar-refractivity contribution < 1.29 is 77.9 Å². The van der Waals surface area contributed by atoms with Gasteiger partial charge in [-0.05, 0) is 6.92 Å². The maximum absolute atomic E-state index is 13.1. The molecule has 0 spiro atoms. The van der Waals surface area contributed by atoms with Crippen molar-refractivity contribution in [1.29, 1.82) is 0 Å². The molecule has 3 atom stereocenters. The minimum absolute atomic E-state index is 0.508. The minimum atomic E-state index is -6.16. The summed E-state index contributed by atoms with van der Waals surface area (Å²) in [7, 11) is -11.4. The van der Waals surface area contributed by atoms with E-state index in [-0.39, 0.29) is 0 Å². The molecule has 0 aliphatic carbocycles. The van der Waals surface area contributed by atoms with E-state index in [0.29, 0.717) is 6.92 Å². The lowest BCUT2D eigenvalue weighted by molar-refractivity contribution is -0.238. The summed E-state index contributed by atoms with van der Waals surface area (Å²) in [5, 5.41) is 0. The molecule has 0 aromatic heterocycles. The Morgan fingerprint density at radius 1 is 0.677 bits per heavy atom. The molecule has 0 rings (SSSR count). The first-order valence-electron chi connectivity index (χ1n) is 7.28. The van der Waals surface area contributed by atoms with Crippen molar-refractivity contribution in [1.82, 2.24) is 0 Å². The summed E-state index contributed by atoms with van der Waals surface area (Å²) in [6.45, 7) is -1.13. The molecule has 0 aromatic carbocycles. The molecule has 0 saturated carbocycles. The maximum Gasteiger partial charge on any atom is 0.425 e. The highest BCUT2D eigenvalue weighted by Gasteiger charge is 2.59. The molecule has 31 heavy (non-hydrogen) atoms. The zero-order valence-corrected chi connectivity index (χ0v) is 16.3. The third kappa shape index (κ3) is 9.98. The van der Waals surface area contributed by atoms with Gasteiger partial charge in [0.15, 0.2) is 0 Å². The first-order chi connectivity index (χ1) is 13.3. The molecular weight excluding hydrogens is 520 g/mol. The summed E-state index contributed by atoms with van der Waals surface area (Å²) < 4.78 is 202. The van der Waals surface area contributed by atoms with Crippen LogP contribution in [0.5, 0.6) is 0 Å². The first-order valence-corrected chi connectivity index (χ1v) is 10.4. The molecular formula is C11H12F12O6S2. The van der Waals surface area contributed by atoms with Gasteiger partial charge < -0.3 is 0 Å². The lowest BCUT2D eigenvalue weighted by atomic mass is 10.2. The molecule has 0 aliphatic rings. The van der Waals surface area contributed by atoms with Crippen LogP contribution in [0, 0.1) is 0 Å². The molecule has 6 nitrogen and oxygen atoms in total. The second kappa shape index (κ2) is 9.46. The summed E-state index contributed by atoms with van der Waals surface area (Å²) in [5.41, 5.74) is 0. The van der Waals surface area contributed by atoms with Gasteiger partial charge >= 0.3 is 24.2 Å². The van der Waals surface area contributed by atoms with Crippen molar-refractivity contribution in [2.75, 3.05) is 18.1 Å². The summed E-state index contributed by atoms with van der Waals surface area (Å²) >= 11 is 0. The predicted molar refractivity (Wildman–Crippen MR) is 75.9 cm³/mol. The SMILES string of the molecule is CC(COS(=O)(=O)CC(F)(F)C(F)C(F)(F)F)OS(=O)(=O)CC(F)(F)C(F)C(F)(F)F. The van der Waals surface area contributed by atoms with E-state index in [0.717, 1.165) is 0 Å². The van der Waals surface area contributed by atoms with Gasteiger partial charge in [-0.15, -0.1) is 0 Å². The Balaban J connectivity index is 5.06. The Kier molecular flexibility index (Phi) is 9.15. The number of hydrogen-bond acceptors (Lipinski definition) is 6. The van der Waals surface area contributed by atoms with Crippen molar-refractivity contribution in [3.8, 4) is 0 Å². The highest BCUT2D eigenvalue weighted by Crippen LogP contribution is 2.37. The topological polar surface area (TPSA) is 86.7 Å². The van der Waals surface area contributed by atoms with Crippen LogP contribution < -0.4 is 0 Å². The van der Waals surface area contributed by atoms with Crippen LogP contribution in [0.4, 0.5) is 52.7 Å². The highest BCUT2D eigenvalue weighted by molar-refractivity contribution is 7.87. The Morgan fingerprint density at radius 2 is 1.00 bits per heavy atom. The van der Waals surface area contributed by atoms with E-state index in [1.54, 1.807) is 0 Å². The van der Waals surface area contributed by atoms with Crippen LogP contribution in [0.15, 0.2) is 0 Å². The lowest BCUT2D eigenvalue weighted by Gasteiger charge is -2.23. The summed E-state index contributed by atoms with van der Waals surface area (Å²) in [6, 6.07) is 0. The van der Waals surface area contributed by atoms with Gasteiger partial charge in [0.25, 0.3) is 32.6 Å². The second-order valence-electron chi connectivity index (χ2n) is 5.93. The molecule has 3 unspecified atom stereocenters. The van der Waals surface area contributed by atoms with E-state index >= 15 is 0 Å². The Hall–Kier alpha value is -1.02. The van der Waals surface area contributed by atoms with Crippen molar-refractivity contribution in [2.45, 2.75) is 49.6 Å². The first kappa shape index (κ1) is 30.0. The van der Waals surface area contributed by atoms with Crippen molar-refractivity contribution in [2.24, 2.45) is 0 Å². The molecule has 0 aliphatic heterocycles. The fraction of sp³-hybridized carbons (Fsp3) is 1.00. The van der Waals surface area contributed by atoms with Crippen molar-refractivity contribution >= 4 is 20.2 Å². The third-order valence-electron chi connectivity index (χ3n) is 2.85. The Bertz CT molecular complexity index is 804. The smallest absolute Gasteiger partial charge is 0.267 e. The summed E-state index contributed by atoms with van der Waals surface area (Å²) in [5.74, 6) is -16.8. The van der Waals surface area contributed by atoms with Crippen LogP contribution in [0.2, 0.25) is 0 Å². The summed E-state index contributed by atoms with van der Waals surface area (Å²) in [6.07, 6.45) is -24.3. The largest absolute Gasteiger partial charge is 0.425 e. The quantitative estimate of drug-likeness (QED) is 0.300. The predicted octanol–water partition coefficient (Wildman–Crippen LogP) is 3.14. The van der Waals surface area contributed by atoms with Crippen molar-refractivity contribution in [3.05, 3.63) is 0 Å². The minimum Gasteiger partial charge on any atom is -0.267 e. The van der Waals surface area contributed by atoms with Gasteiger partial charge in [0.1, 0.15) is 11.5 Å². The van der Waals surface area contributed by atoms with Gasteiger partial charge in [-0.2, -0.15) is 43.2 Å². The number of rotatable bonds is 11. The van der Waals surface area contributed by atoms with Crippen LogP contribution in [-0.4, -0.2) is 77.6 Å². The molecule has 0 heterocycles. The molecule has 0 N–H and O–H groups in total. The zero-order chi connectivity index (χ0) is 25.3. The standard InChI is InChI=1S/C11H12F12O6S2/c1-5(29-31(26,27)4-9(16,17)7(13)11(21,22)23)2-28-30(24,25)3-8(14,15)6(12)10(18,19)20/h5-7H,2-4H2,1H3. The summed E-state index contributed by atoms with van der Waals surface area (Å²) in [4.78, 5) is 0. The second-order valence-corrected chi connectivity index (χ2v) is 9.16. The fourth-order valence-corrected chi connectivity index (χ4v) is 3.99. The van der Waals surface area contributed by atoms with E-state index in [2.05, 4.69) is 8.37 Å². The van der Waals surface area contributed by atoms with E-state index in [9.17, 15) is 69.5 Å². The molecule has 0 aromatic rings. The molecule has 0 fully saturated rings. The van der Waals surface area contributed by atoms with Crippen LogP contribution in [0.3, 0.4) is 0 Å². The molecule has 188 valence electrons. The fourth-order valence-electron chi connectivity index (χ4n) is 1.65. The number of halogens is 12. The van der Waals surface area contributed by atoms with E-state index in [4.69, 9.17) is 0 Å². The molecule has 0 amide bonds. The average molecular weight is 532 g/mol. The van der Waals surface area contributed by atoms with E-state index < -0.39 is 81.0 Å². The monoisotopic (exact) mass is 532 g/mol. The van der Waals surface area contributed by atoms with Crippen LogP contribution in [0.1, 0.15) is 6.92 Å². The Labute approximate surface area is 166 Å². The van der Waals surface area contributed by atoms with E-state index in [1.165, 1.54) is 0 Å². The Morgan fingerprint density at radius 3 is 1.32 bits per heavy atom. The lowest BCUT2D eigenvalue weighted by Crippen LogP contribution is -2.47. The normalized spacial score (nSPS) is 18.0. The van der Waals surface area contributed by atoms with Crippen LogP contribution in [-0.2, 0) is 28.6 Å². The number of alkyl halides is 12. The zero-order valence-electron chi connectivity index (χ0n) is 14.7. The van der Waals surface area contributed by atoms with E-state index in [1.807, 2.05) is 0 Å². The van der Waals surface area contributed by atoms with Gasteiger partial charge in [-0.25, -0.2) is 26.3 Å². The van der Waals surface area contributed by atoms with Gasteiger partial charge in [-0.1, -0.05) is 0 Å². The number of hydrogen-bond donors (Lipinski definition) is 0. The third-order valence-corrected chi connectivity index (χ3v) is 5.44. The van der Waals surface area contributed by atoms with Gasteiger partial charge in [0.05, 0.1) is 12.7 Å². The molecule has 0 saturated heterocycles. The molecule has 0 bridgehead atoms. The van der Waals surface area contributed by atoms with Gasteiger partial charge in [-0.3, -0.25) is 8.37 Å². The average Bonchev–Trinajstić information content (AvgIpc) is 2.47. The molecule has 0 radical (unpaired) electrons. The van der Waals surface area contributed by atoms with Gasteiger partial charge in [0.2, 0.25) is 0 Å². The van der Waals surface area contributed by atoms with Crippen LogP contribution >= 0.6 is 0 Å². The highest BCUT2D eigenvalue weighted by atomic mass is 32.2. The maximum atomic E-state index is 13.1. The molecule has 20 heteroatoms. The van der Waals surface area contributed by atoms with Crippen molar-refractivity contribution in [3.63, 3.8) is 0 Å². The van der Waals surface area contributed by atoms with Gasteiger partial charge in [0, 0.05) is 0 Å².